The van der Waals surface area contributed by atoms with Crippen LogP contribution in [0.3, 0.4) is 0 Å². The number of ether oxygens (including phenoxy) is 2. The van der Waals surface area contributed by atoms with E-state index < -0.39 is 17.6 Å². The van der Waals surface area contributed by atoms with Gasteiger partial charge < -0.3 is 14.8 Å². The first-order valence-electron chi connectivity index (χ1n) is 8.39. The van der Waals surface area contributed by atoms with E-state index >= 15 is 0 Å². The zero-order chi connectivity index (χ0) is 20.9. The number of carbonyl (C=O) groups is 1. The minimum absolute atomic E-state index is 0.170. The average molecular weight is 423 g/mol. The Labute approximate surface area is 169 Å². The maximum absolute atomic E-state index is 12.7. The number of benzene rings is 2. The van der Waals surface area contributed by atoms with Gasteiger partial charge in [-0.05, 0) is 53.7 Å². The second-order valence-corrected chi connectivity index (χ2v) is 6.35. The van der Waals surface area contributed by atoms with E-state index in [1.807, 2.05) is 12.1 Å². The van der Waals surface area contributed by atoms with Crippen molar-refractivity contribution >= 4 is 29.3 Å². The van der Waals surface area contributed by atoms with Crippen molar-refractivity contribution in [3.8, 4) is 11.5 Å². The van der Waals surface area contributed by atoms with Gasteiger partial charge in [0.05, 0.1) is 5.56 Å². The first-order chi connectivity index (χ1) is 13.8. The first kappa shape index (κ1) is 20.5. The Morgan fingerprint density at radius 1 is 1.10 bits per heavy atom. The van der Waals surface area contributed by atoms with Gasteiger partial charge in [-0.25, -0.2) is 0 Å². The molecule has 3 rings (SSSR count). The van der Waals surface area contributed by atoms with Crippen LogP contribution in [0.1, 0.15) is 16.7 Å². The van der Waals surface area contributed by atoms with E-state index in [0.717, 1.165) is 23.8 Å². The summed E-state index contributed by atoms with van der Waals surface area (Å²) in [6.07, 6.45) is -2.07. The maximum Gasteiger partial charge on any atom is 0.416 e. The van der Waals surface area contributed by atoms with E-state index in [-0.39, 0.29) is 17.5 Å². The van der Waals surface area contributed by atoms with Crippen molar-refractivity contribution in [2.45, 2.75) is 12.7 Å². The van der Waals surface area contributed by atoms with Gasteiger partial charge in [0.2, 0.25) is 6.79 Å². The molecule has 0 radical (unpaired) electrons. The summed E-state index contributed by atoms with van der Waals surface area (Å²) in [7, 11) is 0. The summed E-state index contributed by atoms with van der Waals surface area (Å²) in [6.45, 7) is 0.574. The van der Waals surface area contributed by atoms with Crippen LogP contribution in [-0.4, -0.2) is 17.8 Å². The molecule has 1 heterocycles. The lowest BCUT2D eigenvalue weighted by Crippen LogP contribution is -2.45. The average Bonchev–Trinajstić information content (AvgIpc) is 3.16. The van der Waals surface area contributed by atoms with Crippen molar-refractivity contribution in [1.82, 2.24) is 16.2 Å². The molecule has 1 amide bonds. The molecule has 6 nitrogen and oxygen atoms in total. The molecule has 0 saturated carbocycles. The smallest absolute Gasteiger partial charge is 0.416 e. The number of amides is 1. The molecule has 1 aliphatic heterocycles. The summed E-state index contributed by atoms with van der Waals surface area (Å²) in [5.41, 5.74) is 5.20. The number of nitrogens with one attached hydrogen (secondary N) is 3. The van der Waals surface area contributed by atoms with Crippen molar-refractivity contribution in [3.05, 3.63) is 65.2 Å². The number of rotatable bonds is 4. The summed E-state index contributed by atoms with van der Waals surface area (Å²) in [4.78, 5) is 11.8. The molecule has 0 aliphatic carbocycles. The summed E-state index contributed by atoms with van der Waals surface area (Å²) in [5.74, 6) is 0.750. The van der Waals surface area contributed by atoms with Crippen LogP contribution >= 0.6 is 12.2 Å². The minimum atomic E-state index is -4.44. The monoisotopic (exact) mass is 423 g/mol. The molecule has 10 heteroatoms. The number of hydrogen-bond acceptors (Lipinski definition) is 4. The van der Waals surface area contributed by atoms with Gasteiger partial charge in [0.1, 0.15) is 0 Å². The molecule has 0 fully saturated rings. The lowest BCUT2D eigenvalue weighted by molar-refractivity contribution is -0.137. The Bertz CT molecular complexity index is 948. The molecular weight excluding hydrogens is 407 g/mol. The minimum Gasteiger partial charge on any atom is -0.454 e. The lowest BCUT2D eigenvalue weighted by Gasteiger charge is -2.11. The highest BCUT2D eigenvalue weighted by atomic mass is 32.1. The number of carbonyl (C=O) groups excluding carboxylic acids is 1. The summed E-state index contributed by atoms with van der Waals surface area (Å²) in [5, 5.41) is 3.07. The summed E-state index contributed by atoms with van der Waals surface area (Å²) < 4.78 is 48.6. The molecule has 0 spiro atoms. The normalized spacial score (nSPS) is 12.7. The fourth-order valence-electron chi connectivity index (χ4n) is 2.43. The summed E-state index contributed by atoms with van der Waals surface area (Å²) in [6, 6.07) is 10.1. The molecule has 0 aromatic heterocycles. The van der Waals surface area contributed by atoms with Crippen LogP contribution in [0.15, 0.2) is 48.5 Å². The van der Waals surface area contributed by atoms with Gasteiger partial charge in [-0.3, -0.25) is 15.6 Å². The Hall–Kier alpha value is -3.27. The quantitative estimate of drug-likeness (QED) is 0.399. The zero-order valence-electron chi connectivity index (χ0n) is 14.9. The van der Waals surface area contributed by atoms with Gasteiger partial charge in [0.15, 0.2) is 16.6 Å². The molecule has 0 atom stereocenters. The molecule has 2 aromatic carbocycles. The highest BCUT2D eigenvalue weighted by molar-refractivity contribution is 7.80. The van der Waals surface area contributed by atoms with Crippen LogP contribution in [0, 0.1) is 0 Å². The second-order valence-electron chi connectivity index (χ2n) is 5.94. The number of alkyl halides is 3. The number of hydrogen-bond donors (Lipinski definition) is 3. The molecule has 0 unspecified atom stereocenters. The van der Waals surface area contributed by atoms with Gasteiger partial charge >= 0.3 is 6.18 Å². The predicted molar refractivity (Wildman–Crippen MR) is 104 cm³/mol. The predicted octanol–water partition coefficient (Wildman–Crippen LogP) is 3.14. The van der Waals surface area contributed by atoms with E-state index in [0.29, 0.717) is 18.0 Å². The van der Waals surface area contributed by atoms with E-state index in [9.17, 15) is 18.0 Å². The number of thiocarbonyl (C=S) groups is 1. The Morgan fingerprint density at radius 2 is 1.90 bits per heavy atom. The Morgan fingerprint density at radius 3 is 2.69 bits per heavy atom. The van der Waals surface area contributed by atoms with Crippen molar-refractivity contribution in [1.29, 1.82) is 0 Å². The van der Waals surface area contributed by atoms with Gasteiger partial charge in [-0.1, -0.05) is 18.2 Å². The molecule has 0 bridgehead atoms. The van der Waals surface area contributed by atoms with Gasteiger partial charge in [0, 0.05) is 12.6 Å². The SMILES string of the molecule is O=C(/C=C/c1cccc(C(F)(F)F)c1)NNC(=S)NCc1ccc2c(c1)OCO2. The third-order valence-electron chi connectivity index (χ3n) is 3.83. The maximum atomic E-state index is 12.7. The Balaban J connectivity index is 1.44. The van der Waals surface area contributed by atoms with Crippen molar-refractivity contribution in [2.24, 2.45) is 0 Å². The van der Waals surface area contributed by atoms with Gasteiger partial charge in [-0.15, -0.1) is 0 Å². The van der Waals surface area contributed by atoms with Crippen LogP contribution in [-0.2, 0) is 17.5 Å². The van der Waals surface area contributed by atoms with Crippen LogP contribution in [0.4, 0.5) is 13.2 Å². The van der Waals surface area contributed by atoms with Crippen molar-refractivity contribution < 1.29 is 27.4 Å². The van der Waals surface area contributed by atoms with Crippen molar-refractivity contribution in [2.75, 3.05) is 6.79 Å². The molecule has 29 heavy (non-hydrogen) atoms. The molecule has 0 saturated heterocycles. The standard InChI is InChI=1S/C19H16F3N3O3S/c20-19(21,22)14-3-1-2-12(8-14)5-7-17(26)24-25-18(29)23-10-13-4-6-15-16(9-13)28-11-27-15/h1-9H,10-11H2,(H,24,26)(H2,23,25,29)/b7-5+. The Kier molecular flexibility index (Phi) is 6.23. The van der Waals surface area contributed by atoms with Crippen LogP contribution in [0.25, 0.3) is 6.08 Å². The van der Waals surface area contributed by atoms with Crippen LogP contribution in [0.5, 0.6) is 11.5 Å². The largest absolute Gasteiger partial charge is 0.454 e. The number of halogens is 3. The first-order valence-corrected chi connectivity index (χ1v) is 8.80. The fraction of sp³-hybridized carbons (Fsp3) is 0.158. The van der Waals surface area contributed by atoms with E-state index in [1.165, 1.54) is 18.2 Å². The number of fused-ring (bicyclic) bond motifs is 1. The van der Waals surface area contributed by atoms with Gasteiger partial charge in [0.25, 0.3) is 5.91 Å². The van der Waals surface area contributed by atoms with E-state index in [1.54, 1.807) is 6.07 Å². The van der Waals surface area contributed by atoms with E-state index in [2.05, 4.69) is 16.2 Å². The molecule has 3 N–H and O–H groups in total. The van der Waals surface area contributed by atoms with E-state index in [4.69, 9.17) is 21.7 Å². The van der Waals surface area contributed by atoms with Crippen molar-refractivity contribution in [3.63, 3.8) is 0 Å². The van der Waals surface area contributed by atoms with Gasteiger partial charge in [-0.2, -0.15) is 13.2 Å². The zero-order valence-corrected chi connectivity index (χ0v) is 15.7. The topological polar surface area (TPSA) is 71.6 Å². The lowest BCUT2D eigenvalue weighted by atomic mass is 10.1. The highest BCUT2D eigenvalue weighted by Crippen LogP contribution is 2.32. The molecular formula is C19H16F3N3O3S. The second kappa shape index (κ2) is 8.82. The molecule has 1 aliphatic rings. The van der Waals surface area contributed by atoms with Crippen LogP contribution in [0.2, 0.25) is 0 Å². The molecule has 152 valence electrons. The molecule has 2 aromatic rings. The van der Waals surface area contributed by atoms with Crippen LogP contribution < -0.4 is 25.6 Å². The number of hydrazine groups is 1. The summed E-state index contributed by atoms with van der Waals surface area (Å²) >= 11 is 5.06. The fourth-order valence-corrected chi connectivity index (χ4v) is 2.55. The highest BCUT2D eigenvalue weighted by Gasteiger charge is 2.30. The third kappa shape index (κ3) is 5.85. The third-order valence-corrected chi connectivity index (χ3v) is 4.08.